The van der Waals surface area contributed by atoms with Gasteiger partial charge in [0.25, 0.3) is 0 Å². The number of benzene rings is 1. The van der Waals surface area contributed by atoms with E-state index in [1.165, 1.54) is 25.0 Å². The van der Waals surface area contributed by atoms with Crippen LogP contribution >= 0.6 is 0 Å². The molecular weight excluding hydrogens is 360 g/mol. The van der Waals surface area contributed by atoms with Gasteiger partial charge < -0.3 is 15.1 Å². The molecule has 1 spiro atoms. The van der Waals surface area contributed by atoms with Crippen LogP contribution in [-0.4, -0.2) is 43.7 Å². The maximum absolute atomic E-state index is 13.5. The Bertz CT molecular complexity index is 753. The molecule has 2 atom stereocenters. The molecule has 2 aliphatic heterocycles. The molecular formula is C22H29F2N3O. The van der Waals surface area contributed by atoms with Gasteiger partial charge in [-0.25, -0.2) is 13.6 Å². The predicted octanol–water partition coefficient (Wildman–Crippen LogP) is 4.32. The number of hydrogen-bond donors (Lipinski definition) is 1. The summed E-state index contributed by atoms with van der Waals surface area (Å²) in [6.45, 7) is 3.87. The molecule has 1 N–H and O–H groups in total. The number of amides is 2. The van der Waals surface area contributed by atoms with E-state index in [1.54, 1.807) is 6.07 Å². The van der Waals surface area contributed by atoms with E-state index in [0.29, 0.717) is 18.2 Å². The molecule has 4 nitrogen and oxygen atoms in total. The fourth-order valence-electron chi connectivity index (χ4n) is 4.95. The third kappa shape index (κ3) is 4.15. The van der Waals surface area contributed by atoms with Gasteiger partial charge >= 0.3 is 6.03 Å². The third-order valence-corrected chi connectivity index (χ3v) is 6.60. The second-order valence-electron chi connectivity index (χ2n) is 8.62. The Labute approximate surface area is 165 Å². The number of urea groups is 1. The van der Waals surface area contributed by atoms with Crippen LogP contribution in [0.5, 0.6) is 0 Å². The van der Waals surface area contributed by atoms with Crippen molar-refractivity contribution in [2.24, 2.45) is 11.3 Å². The molecule has 0 radical (unpaired) electrons. The Balaban J connectivity index is 1.27. The van der Waals surface area contributed by atoms with E-state index < -0.39 is 11.6 Å². The summed E-state index contributed by atoms with van der Waals surface area (Å²) in [5, 5.41) is 3.12. The average Bonchev–Trinajstić information content (AvgIpc) is 3.18. The van der Waals surface area contributed by atoms with Gasteiger partial charge in [0.1, 0.15) is 0 Å². The largest absolute Gasteiger partial charge is 0.371 e. The molecule has 2 amide bonds. The molecule has 3 aliphatic rings. The summed E-state index contributed by atoms with van der Waals surface area (Å²) in [4.78, 5) is 16.8. The number of rotatable bonds is 3. The first-order valence-corrected chi connectivity index (χ1v) is 10.4. The minimum Gasteiger partial charge on any atom is -0.371 e. The Morgan fingerprint density at radius 3 is 2.86 bits per heavy atom. The second-order valence-corrected chi connectivity index (χ2v) is 8.62. The van der Waals surface area contributed by atoms with Crippen molar-refractivity contribution in [3.63, 3.8) is 0 Å². The second kappa shape index (κ2) is 8.10. The van der Waals surface area contributed by atoms with Gasteiger partial charge in [-0.3, -0.25) is 0 Å². The first-order valence-electron chi connectivity index (χ1n) is 10.4. The number of nitrogens with one attached hydrogen (secondary N) is 1. The summed E-state index contributed by atoms with van der Waals surface area (Å²) in [5.41, 5.74) is 0.984. The number of carbonyl (C=O) groups is 1. The number of anilines is 1. The highest BCUT2D eigenvalue weighted by Crippen LogP contribution is 2.40. The minimum absolute atomic E-state index is 0.0416. The molecule has 0 bridgehead atoms. The maximum Gasteiger partial charge on any atom is 0.317 e. The van der Waals surface area contributed by atoms with Crippen molar-refractivity contribution in [1.29, 1.82) is 0 Å². The van der Waals surface area contributed by atoms with Gasteiger partial charge in [0, 0.05) is 44.5 Å². The Morgan fingerprint density at radius 2 is 2.07 bits per heavy atom. The minimum atomic E-state index is -0.820. The van der Waals surface area contributed by atoms with E-state index in [4.69, 9.17) is 0 Å². The van der Waals surface area contributed by atoms with Crippen LogP contribution in [-0.2, 0) is 0 Å². The molecule has 0 aromatic heterocycles. The molecule has 0 saturated carbocycles. The molecule has 1 aromatic carbocycles. The van der Waals surface area contributed by atoms with Crippen molar-refractivity contribution in [2.45, 2.75) is 38.5 Å². The molecule has 1 aliphatic carbocycles. The maximum atomic E-state index is 13.5. The summed E-state index contributed by atoms with van der Waals surface area (Å²) in [7, 11) is 0. The lowest BCUT2D eigenvalue weighted by molar-refractivity contribution is 0.0956. The van der Waals surface area contributed by atoms with Gasteiger partial charge in [-0.05, 0) is 62.0 Å². The number of hydrogen-bond acceptors (Lipinski definition) is 2. The fraction of sp³-hybridized carbons (Fsp3) is 0.591. The molecule has 2 heterocycles. The number of carbonyl (C=O) groups excluding carboxylic acids is 1. The van der Waals surface area contributed by atoms with Crippen LogP contribution in [0.15, 0.2) is 30.4 Å². The topological polar surface area (TPSA) is 35.6 Å². The number of halogens is 2. The molecule has 6 heteroatoms. The standard InChI is InChI=1S/C22H29F2N3O/c23-19-6-5-18(13-20(19)24)26-12-7-17(15-26)14-25-21(28)27-11-4-10-22(16-27)8-2-1-3-9-22/h1-2,5-6,13,17H,3-4,7-12,14-16H2,(H,25,28). The van der Waals surface area contributed by atoms with Gasteiger partial charge in [-0.2, -0.15) is 0 Å². The SMILES string of the molecule is O=C(NCC1CCN(c2ccc(F)c(F)c2)C1)N1CCCC2(CC=CCC2)C1. The van der Waals surface area contributed by atoms with Crippen molar-refractivity contribution in [3.8, 4) is 0 Å². The lowest BCUT2D eigenvalue weighted by Crippen LogP contribution is -2.50. The number of piperidine rings is 1. The van der Waals surface area contributed by atoms with E-state index >= 15 is 0 Å². The first kappa shape index (κ1) is 19.2. The lowest BCUT2D eigenvalue weighted by Gasteiger charge is -2.43. The van der Waals surface area contributed by atoms with Gasteiger partial charge in [0.15, 0.2) is 11.6 Å². The third-order valence-electron chi connectivity index (χ3n) is 6.60. The molecule has 152 valence electrons. The van der Waals surface area contributed by atoms with Gasteiger partial charge in [0.2, 0.25) is 0 Å². The van der Waals surface area contributed by atoms with Gasteiger partial charge in [-0.15, -0.1) is 0 Å². The highest BCUT2D eigenvalue weighted by Gasteiger charge is 2.37. The zero-order valence-electron chi connectivity index (χ0n) is 16.3. The molecule has 1 aromatic rings. The van der Waals surface area contributed by atoms with E-state index in [0.717, 1.165) is 51.9 Å². The van der Waals surface area contributed by atoms with Crippen molar-refractivity contribution >= 4 is 11.7 Å². The summed E-state index contributed by atoms with van der Waals surface area (Å²) in [6, 6.07) is 4.08. The molecule has 2 unspecified atom stereocenters. The smallest absolute Gasteiger partial charge is 0.317 e. The molecule has 2 saturated heterocycles. The summed E-state index contributed by atoms with van der Waals surface area (Å²) in [6.07, 6.45) is 11.1. The monoisotopic (exact) mass is 389 g/mol. The summed E-state index contributed by atoms with van der Waals surface area (Å²) < 4.78 is 26.6. The van der Waals surface area contributed by atoms with Crippen LogP contribution in [0.1, 0.15) is 38.5 Å². The number of nitrogens with zero attached hydrogens (tertiary/aromatic N) is 2. The normalized spacial score (nSPS) is 27.4. The number of allylic oxidation sites excluding steroid dienone is 2. The predicted molar refractivity (Wildman–Crippen MR) is 106 cm³/mol. The zero-order valence-corrected chi connectivity index (χ0v) is 16.3. The van der Waals surface area contributed by atoms with Crippen LogP contribution in [0.25, 0.3) is 0 Å². The zero-order chi connectivity index (χ0) is 19.6. The fourth-order valence-corrected chi connectivity index (χ4v) is 4.95. The van der Waals surface area contributed by atoms with Crippen LogP contribution in [0, 0.1) is 23.0 Å². The van der Waals surface area contributed by atoms with Gasteiger partial charge in [0.05, 0.1) is 0 Å². The first-order chi connectivity index (χ1) is 13.5. The quantitative estimate of drug-likeness (QED) is 0.782. The lowest BCUT2D eigenvalue weighted by atomic mass is 9.71. The van der Waals surface area contributed by atoms with Crippen molar-refractivity contribution in [3.05, 3.63) is 42.0 Å². The highest BCUT2D eigenvalue weighted by atomic mass is 19.2. The molecule has 2 fully saturated rings. The van der Waals surface area contributed by atoms with Crippen molar-refractivity contribution < 1.29 is 13.6 Å². The van der Waals surface area contributed by atoms with Gasteiger partial charge in [-0.1, -0.05) is 12.2 Å². The molecule has 28 heavy (non-hydrogen) atoms. The summed E-state index contributed by atoms with van der Waals surface area (Å²) in [5.74, 6) is -1.31. The van der Waals surface area contributed by atoms with Crippen molar-refractivity contribution in [2.75, 3.05) is 37.6 Å². The van der Waals surface area contributed by atoms with Crippen LogP contribution in [0.4, 0.5) is 19.3 Å². The molecule has 4 rings (SSSR count). The van der Waals surface area contributed by atoms with Crippen LogP contribution < -0.4 is 10.2 Å². The Hall–Kier alpha value is -2.11. The van der Waals surface area contributed by atoms with E-state index in [-0.39, 0.29) is 11.4 Å². The van der Waals surface area contributed by atoms with E-state index in [9.17, 15) is 13.6 Å². The average molecular weight is 389 g/mol. The van der Waals surface area contributed by atoms with E-state index in [2.05, 4.69) is 22.4 Å². The Morgan fingerprint density at radius 1 is 1.18 bits per heavy atom. The van der Waals surface area contributed by atoms with Crippen LogP contribution in [0.2, 0.25) is 0 Å². The highest BCUT2D eigenvalue weighted by molar-refractivity contribution is 5.74. The summed E-state index contributed by atoms with van der Waals surface area (Å²) >= 11 is 0. The van der Waals surface area contributed by atoms with Crippen LogP contribution in [0.3, 0.4) is 0 Å². The Kier molecular flexibility index (Phi) is 5.56. The van der Waals surface area contributed by atoms with Crippen molar-refractivity contribution in [1.82, 2.24) is 10.2 Å². The number of likely N-dealkylation sites (tertiary alicyclic amines) is 1. The van der Waals surface area contributed by atoms with E-state index in [1.807, 2.05) is 4.90 Å².